The van der Waals surface area contributed by atoms with Gasteiger partial charge in [0.2, 0.25) is 5.91 Å². The van der Waals surface area contributed by atoms with Gasteiger partial charge in [0.15, 0.2) is 0 Å². The summed E-state index contributed by atoms with van der Waals surface area (Å²) in [5.41, 5.74) is 8.52. The molecule has 1 amide bonds. The van der Waals surface area contributed by atoms with Crippen LogP contribution in [0.4, 0.5) is 11.4 Å². The van der Waals surface area contributed by atoms with Crippen molar-refractivity contribution < 1.29 is 4.79 Å². The lowest BCUT2D eigenvalue weighted by Gasteiger charge is -2.22. The SMILES string of the molecule is CN(Cc1ccccc1)c1ccccc1NC(=O)CCCN. The van der Waals surface area contributed by atoms with Crippen LogP contribution in [-0.2, 0) is 11.3 Å². The summed E-state index contributed by atoms with van der Waals surface area (Å²) >= 11 is 0. The van der Waals surface area contributed by atoms with E-state index >= 15 is 0 Å². The summed E-state index contributed by atoms with van der Waals surface area (Å²) in [7, 11) is 2.03. The van der Waals surface area contributed by atoms with Gasteiger partial charge in [-0.2, -0.15) is 0 Å². The zero-order chi connectivity index (χ0) is 15.8. The number of amides is 1. The molecule has 0 heterocycles. The van der Waals surface area contributed by atoms with E-state index in [1.165, 1.54) is 5.56 Å². The maximum absolute atomic E-state index is 11.9. The Labute approximate surface area is 131 Å². The van der Waals surface area contributed by atoms with E-state index in [0.29, 0.717) is 19.4 Å². The van der Waals surface area contributed by atoms with Gasteiger partial charge >= 0.3 is 0 Å². The number of benzene rings is 2. The van der Waals surface area contributed by atoms with Gasteiger partial charge in [-0.05, 0) is 30.7 Å². The molecule has 0 unspecified atom stereocenters. The zero-order valence-electron chi connectivity index (χ0n) is 13.0. The quantitative estimate of drug-likeness (QED) is 0.826. The van der Waals surface area contributed by atoms with E-state index in [-0.39, 0.29) is 5.91 Å². The molecule has 0 radical (unpaired) electrons. The van der Waals surface area contributed by atoms with Crippen LogP contribution in [0.15, 0.2) is 54.6 Å². The first-order chi connectivity index (χ1) is 10.7. The highest BCUT2D eigenvalue weighted by atomic mass is 16.1. The van der Waals surface area contributed by atoms with Gasteiger partial charge in [0.25, 0.3) is 0 Å². The minimum absolute atomic E-state index is 0.00557. The molecule has 0 saturated heterocycles. The first-order valence-corrected chi connectivity index (χ1v) is 7.54. The molecule has 4 heteroatoms. The van der Waals surface area contributed by atoms with E-state index in [2.05, 4.69) is 22.3 Å². The lowest BCUT2D eigenvalue weighted by Crippen LogP contribution is -2.20. The van der Waals surface area contributed by atoms with Gasteiger partial charge in [-0.3, -0.25) is 4.79 Å². The number of nitrogens with two attached hydrogens (primary N) is 1. The van der Waals surface area contributed by atoms with E-state index < -0.39 is 0 Å². The van der Waals surface area contributed by atoms with Gasteiger partial charge in [-0.15, -0.1) is 0 Å². The first-order valence-electron chi connectivity index (χ1n) is 7.54. The summed E-state index contributed by atoms with van der Waals surface area (Å²) in [6.45, 7) is 1.32. The molecule has 3 N–H and O–H groups in total. The van der Waals surface area contributed by atoms with Crippen molar-refractivity contribution in [1.82, 2.24) is 0 Å². The molecule has 0 spiro atoms. The Kier molecular flexibility index (Phi) is 5.98. The van der Waals surface area contributed by atoms with E-state index in [1.54, 1.807) is 0 Å². The normalized spacial score (nSPS) is 10.3. The maximum atomic E-state index is 11.9. The summed E-state index contributed by atoms with van der Waals surface area (Å²) in [5.74, 6) is 0.00557. The summed E-state index contributed by atoms with van der Waals surface area (Å²) in [5, 5.41) is 2.98. The highest BCUT2D eigenvalue weighted by Crippen LogP contribution is 2.26. The number of carbonyl (C=O) groups is 1. The molecule has 2 rings (SSSR count). The molecule has 0 saturated carbocycles. The molecule has 4 nitrogen and oxygen atoms in total. The second kappa shape index (κ2) is 8.20. The van der Waals surface area contributed by atoms with Crippen molar-refractivity contribution in [3.05, 3.63) is 60.2 Å². The van der Waals surface area contributed by atoms with Crippen molar-refractivity contribution in [2.75, 3.05) is 23.8 Å². The minimum atomic E-state index is 0.00557. The van der Waals surface area contributed by atoms with Crippen molar-refractivity contribution in [1.29, 1.82) is 0 Å². The fourth-order valence-electron chi connectivity index (χ4n) is 2.33. The molecule has 0 bridgehead atoms. The lowest BCUT2D eigenvalue weighted by atomic mass is 10.2. The van der Waals surface area contributed by atoms with Crippen LogP contribution < -0.4 is 16.0 Å². The molecule has 2 aromatic rings. The zero-order valence-corrected chi connectivity index (χ0v) is 13.0. The van der Waals surface area contributed by atoms with Crippen molar-refractivity contribution in [3.63, 3.8) is 0 Å². The number of hydrogen-bond donors (Lipinski definition) is 2. The molecular weight excluding hydrogens is 274 g/mol. The van der Waals surface area contributed by atoms with E-state index in [0.717, 1.165) is 17.9 Å². The smallest absolute Gasteiger partial charge is 0.224 e. The predicted molar refractivity (Wildman–Crippen MR) is 91.9 cm³/mol. The molecule has 0 aromatic heterocycles. The van der Waals surface area contributed by atoms with Gasteiger partial charge in [0, 0.05) is 20.0 Å². The molecular formula is C18H23N3O. The highest BCUT2D eigenvalue weighted by molar-refractivity contribution is 5.94. The number of hydrogen-bond acceptors (Lipinski definition) is 3. The number of para-hydroxylation sites is 2. The van der Waals surface area contributed by atoms with Crippen LogP contribution in [0.1, 0.15) is 18.4 Å². The average Bonchev–Trinajstić information content (AvgIpc) is 2.54. The standard InChI is InChI=1S/C18H23N3O/c1-21(14-15-8-3-2-4-9-15)17-11-6-5-10-16(17)20-18(22)12-7-13-19/h2-6,8-11H,7,12-14,19H2,1H3,(H,20,22). The molecule has 22 heavy (non-hydrogen) atoms. The van der Waals surface area contributed by atoms with Crippen LogP contribution in [0.25, 0.3) is 0 Å². The molecule has 0 aliphatic carbocycles. The number of nitrogens with one attached hydrogen (secondary N) is 1. The van der Waals surface area contributed by atoms with Gasteiger partial charge in [-0.25, -0.2) is 0 Å². The monoisotopic (exact) mass is 297 g/mol. The topological polar surface area (TPSA) is 58.4 Å². The Morgan fingerprint density at radius 1 is 1.09 bits per heavy atom. The highest BCUT2D eigenvalue weighted by Gasteiger charge is 2.10. The second-order valence-corrected chi connectivity index (χ2v) is 5.30. The van der Waals surface area contributed by atoms with Crippen molar-refractivity contribution >= 4 is 17.3 Å². The van der Waals surface area contributed by atoms with Crippen LogP contribution in [0.5, 0.6) is 0 Å². The summed E-state index contributed by atoms with van der Waals surface area (Å²) in [4.78, 5) is 14.1. The first kappa shape index (κ1) is 16.0. The van der Waals surface area contributed by atoms with Gasteiger partial charge in [0.1, 0.15) is 0 Å². The number of carbonyl (C=O) groups excluding carboxylic acids is 1. The Morgan fingerprint density at radius 2 is 1.77 bits per heavy atom. The summed E-state index contributed by atoms with van der Waals surface area (Å²) in [6.07, 6.45) is 1.15. The summed E-state index contributed by atoms with van der Waals surface area (Å²) < 4.78 is 0. The number of anilines is 2. The summed E-state index contributed by atoms with van der Waals surface area (Å²) in [6, 6.07) is 18.1. The fraction of sp³-hybridized carbons (Fsp3) is 0.278. The third-order valence-electron chi connectivity index (χ3n) is 3.46. The Balaban J connectivity index is 2.08. The largest absolute Gasteiger partial charge is 0.369 e. The predicted octanol–water partition coefficient (Wildman–Crippen LogP) is 3.00. The average molecular weight is 297 g/mol. The van der Waals surface area contributed by atoms with Crippen LogP contribution in [0, 0.1) is 0 Å². The van der Waals surface area contributed by atoms with Gasteiger partial charge in [0.05, 0.1) is 11.4 Å². The van der Waals surface area contributed by atoms with E-state index in [1.807, 2.05) is 49.5 Å². The minimum Gasteiger partial charge on any atom is -0.369 e. The van der Waals surface area contributed by atoms with E-state index in [4.69, 9.17) is 5.73 Å². The Bertz CT molecular complexity index is 598. The molecule has 2 aromatic carbocycles. The van der Waals surface area contributed by atoms with Crippen molar-refractivity contribution in [2.45, 2.75) is 19.4 Å². The fourth-order valence-corrected chi connectivity index (χ4v) is 2.33. The van der Waals surface area contributed by atoms with Crippen LogP contribution >= 0.6 is 0 Å². The maximum Gasteiger partial charge on any atom is 0.224 e. The number of rotatable bonds is 7. The lowest BCUT2D eigenvalue weighted by molar-refractivity contribution is -0.116. The second-order valence-electron chi connectivity index (χ2n) is 5.30. The molecule has 116 valence electrons. The van der Waals surface area contributed by atoms with Crippen molar-refractivity contribution in [3.8, 4) is 0 Å². The Hall–Kier alpha value is -2.33. The van der Waals surface area contributed by atoms with Crippen LogP contribution in [-0.4, -0.2) is 19.5 Å². The molecule has 0 aliphatic rings. The van der Waals surface area contributed by atoms with Crippen LogP contribution in [0.3, 0.4) is 0 Å². The molecule has 0 aliphatic heterocycles. The van der Waals surface area contributed by atoms with Crippen molar-refractivity contribution in [2.24, 2.45) is 5.73 Å². The number of nitrogens with zero attached hydrogens (tertiary/aromatic N) is 1. The third-order valence-corrected chi connectivity index (χ3v) is 3.46. The van der Waals surface area contributed by atoms with Gasteiger partial charge in [-0.1, -0.05) is 42.5 Å². The van der Waals surface area contributed by atoms with Gasteiger partial charge < -0.3 is 16.0 Å². The Morgan fingerprint density at radius 3 is 2.50 bits per heavy atom. The van der Waals surface area contributed by atoms with Crippen LogP contribution in [0.2, 0.25) is 0 Å². The third kappa shape index (κ3) is 4.60. The van der Waals surface area contributed by atoms with E-state index in [9.17, 15) is 4.79 Å². The molecule has 0 fully saturated rings. The molecule has 0 atom stereocenters.